The van der Waals surface area contributed by atoms with E-state index in [0.29, 0.717) is 48.0 Å². The molecule has 39 heavy (non-hydrogen) atoms. The maximum absolute atomic E-state index is 13.0. The largest absolute Gasteiger partial charge is 0.495 e. The number of anilines is 2. The molecule has 0 saturated carbocycles. The van der Waals surface area contributed by atoms with Crippen LogP contribution < -0.4 is 20.7 Å². The van der Waals surface area contributed by atoms with E-state index in [2.05, 4.69) is 20.9 Å². The number of carbonyl (C=O) groups is 3. The maximum atomic E-state index is 13.0. The first-order valence-corrected chi connectivity index (χ1v) is 13.1. The van der Waals surface area contributed by atoms with Crippen molar-refractivity contribution in [2.24, 2.45) is 16.8 Å². The van der Waals surface area contributed by atoms with Gasteiger partial charge in [0.1, 0.15) is 17.9 Å². The lowest BCUT2D eigenvalue weighted by Crippen LogP contribution is -2.43. The number of aliphatic imine (C=N–C) groups is 1. The molecule has 4 N–H and O–H groups in total. The molecular weight excluding hydrogens is 500 g/mol. The van der Waals surface area contributed by atoms with E-state index in [1.54, 1.807) is 25.1 Å². The van der Waals surface area contributed by atoms with Gasteiger partial charge in [-0.1, -0.05) is 45.0 Å². The number of urea groups is 1. The smallest absolute Gasteiger partial charge is 0.323 e. The van der Waals surface area contributed by atoms with Crippen LogP contribution >= 0.6 is 0 Å². The zero-order chi connectivity index (χ0) is 28.5. The number of carbonyl (C=O) groups excluding carboxylic acids is 2. The lowest BCUT2D eigenvalue weighted by Gasteiger charge is -2.22. The van der Waals surface area contributed by atoms with Crippen molar-refractivity contribution in [3.63, 3.8) is 0 Å². The number of carboxylic acid groups (broad SMARTS) is 1. The van der Waals surface area contributed by atoms with Crippen molar-refractivity contribution in [3.05, 3.63) is 53.6 Å². The molecule has 3 atom stereocenters. The Morgan fingerprint density at radius 3 is 2.49 bits per heavy atom. The molecule has 1 heterocycles. The predicted molar refractivity (Wildman–Crippen MR) is 150 cm³/mol. The summed E-state index contributed by atoms with van der Waals surface area (Å²) in [6.07, 6.45) is 0.764. The fourth-order valence-corrected chi connectivity index (χ4v) is 4.31. The first-order valence-electron chi connectivity index (χ1n) is 13.1. The number of aryl methyl sites for hydroxylation is 1. The van der Waals surface area contributed by atoms with Crippen molar-refractivity contribution in [3.8, 4) is 5.75 Å². The second-order valence-electron chi connectivity index (χ2n) is 10.2. The number of hydrogen-bond acceptors (Lipinski definition) is 6. The van der Waals surface area contributed by atoms with Gasteiger partial charge in [0, 0.05) is 5.69 Å². The highest BCUT2D eigenvalue weighted by atomic mass is 16.5. The van der Waals surface area contributed by atoms with Gasteiger partial charge in [-0.25, -0.2) is 9.79 Å². The van der Waals surface area contributed by atoms with Crippen LogP contribution in [0.25, 0.3) is 0 Å². The molecule has 1 aliphatic rings. The van der Waals surface area contributed by atoms with Gasteiger partial charge in [-0.3, -0.25) is 9.59 Å². The third kappa shape index (κ3) is 8.73. The Hall–Kier alpha value is -4.08. The van der Waals surface area contributed by atoms with Crippen LogP contribution in [0.2, 0.25) is 0 Å². The molecule has 2 aromatic carbocycles. The lowest BCUT2D eigenvalue weighted by atomic mass is 10.0. The van der Waals surface area contributed by atoms with Crippen molar-refractivity contribution in [2.45, 2.75) is 59.1 Å². The van der Waals surface area contributed by atoms with Crippen LogP contribution in [0.15, 0.2) is 47.5 Å². The second-order valence-corrected chi connectivity index (χ2v) is 10.2. The number of carboxylic acids is 1. The summed E-state index contributed by atoms with van der Waals surface area (Å²) in [4.78, 5) is 41.2. The fraction of sp³-hybridized carbons (Fsp3) is 0.448. The van der Waals surface area contributed by atoms with Gasteiger partial charge in [-0.2, -0.15) is 0 Å². The van der Waals surface area contributed by atoms with Crippen molar-refractivity contribution >= 4 is 35.2 Å². The minimum atomic E-state index is -0.873. The van der Waals surface area contributed by atoms with Gasteiger partial charge in [0.15, 0.2) is 0 Å². The monoisotopic (exact) mass is 538 g/mol. The van der Waals surface area contributed by atoms with E-state index in [1.807, 2.05) is 45.0 Å². The Bertz CT molecular complexity index is 1210. The summed E-state index contributed by atoms with van der Waals surface area (Å²) in [5.41, 5.74) is 2.83. The molecule has 210 valence electrons. The summed E-state index contributed by atoms with van der Waals surface area (Å²) in [5.74, 6) is -0.482. The van der Waals surface area contributed by atoms with Crippen LogP contribution in [-0.4, -0.2) is 54.7 Å². The van der Waals surface area contributed by atoms with E-state index in [4.69, 9.17) is 9.47 Å². The highest BCUT2D eigenvalue weighted by molar-refractivity contribution is 6.01. The van der Waals surface area contributed by atoms with E-state index >= 15 is 0 Å². The van der Waals surface area contributed by atoms with Crippen LogP contribution in [0.3, 0.4) is 0 Å². The average Bonchev–Trinajstić information content (AvgIpc) is 3.34. The molecule has 3 unspecified atom stereocenters. The maximum Gasteiger partial charge on any atom is 0.323 e. The fourth-order valence-electron chi connectivity index (χ4n) is 4.31. The van der Waals surface area contributed by atoms with Crippen LogP contribution in [0.5, 0.6) is 5.75 Å². The minimum Gasteiger partial charge on any atom is -0.495 e. The lowest BCUT2D eigenvalue weighted by molar-refractivity contribution is -0.142. The van der Waals surface area contributed by atoms with E-state index < -0.39 is 24.0 Å². The quantitative estimate of drug-likeness (QED) is 0.311. The normalized spacial score (nSPS) is 16.1. The molecular formula is C29H38N4O6. The Morgan fingerprint density at radius 2 is 1.82 bits per heavy atom. The van der Waals surface area contributed by atoms with Crippen molar-refractivity contribution in [1.29, 1.82) is 0 Å². The molecule has 3 amide bonds. The number of nitrogens with zero attached hydrogens (tertiary/aromatic N) is 1. The molecule has 1 aliphatic heterocycles. The van der Waals surface area contributed by atoms with Crippen molar-refractivity contribution in [2.75, 3.05) is 24.3 Å². The molecule has 0 bridgehead atoms. The Balaban J connectivity index is 1.61. The van der Waals surface area contributed by atoms with Crippen LogP contribution in [0, 0.1) is 18.8 Å². The van der Waals surface area contributed by atoms with Gasteiger partial charge in [0.05, 0.1) is 31.7 Å². The van der Waals surface area contributed by atoms with Gasteiger partial charge in [-0.05, 0) is 55.0 Å². The van der Waals surface area contributed by atoms with Crippen LogP contribution in [0.4, 0.5) is 16.2 Å². The summed E-state index contributed by atoms with van der Waals surface area (Å²) in [5, 5.41) is 17.8. The molecule has 0 fully saturated rings. The molecule has 0 saturated heterocycles. The van der Waals surface area contributed by atoms with E-state index in [1.165, 1.54) is 7.11 Å². The number of benzene rings is 2. The Kier molecular flexibility index (Phi) is 10.3. The number of methoxy groups -OCH3 is 1. The summed E-state index contributed by atoms with van der Waals surface area (Å²) < 4.78 is 11.4. The number of amides is 3. The van der Waals surface area contributed by atoms with Gasteiger partial charge in [0.2, 0.25) is 11.8 Å². The highest BCUT2D eigenvalue weighted by Crippen LogP contribution is 2.27. The van der Waals surface area contributed by atoms with E-state index in [0.717, 1.165) is 5.56 Å². The van der Waals surface area contributed by atoms with Crippen molar-refractivity contribution < 1.29 is 29.0 Å². The average molecular weight is 539 g/mol. The first kappa shape index (κ1) is 29.5. The zero-order valence-corrected chi connectivity index (χ0v) is 23.1. The third-order valence-electron chi connectivity index (χ3n) is 6.39. The van der Waals surface area contributed by atoms with E-state index in [-0.39, 0.29) is 24.3 Å². The molecule has 0 aromatic heterocycles. The van der Waals surface area contributed by atoms with Gasteiger partial charge in [-0.15, -0.1) is 0 Å². The minimum absolute atomic E-state index is 0.0907. The number of nitrogens with one attached hydrogen (secondary N) is 3. The van der Waals surface area contributed by atoms with Gasteiger partial charge >= 0.3 is 12.0 Å². The summed E-state index contributed by atoms with van der Waals surface area (Å²) in [6.45, 7) is 8.02. The Labute approximate surface area is 229 Å². The molecule has 10 heteroatoms. The van der Waals surface area contributed by atoms with Crippen LogP contribution in [0.1, 0.15) is 44.7 Å². The second kappa shape index (κ2) is 13.6. The molecule has 2 aromatic rings. The number of rotatable bonds is 12. The Morgan fingerprint density at radius 1 is 1.10 bits per heavy atom. The third-order valence-corrected chi connectivity index (χ3v) is 6.39. The number of aliphatic carboxylic acids is 1. The van der Waals surface area contributed by atoms with E-state index in [9.17, 15) is 19.5 Å². The molecule has 10 nitrogen and oxygen atoms in total. The van der Waals surface area contributed by atoms with Gasteiger partial charge in [0.25, 0.3) is 0 Å². The highest BCUT2D eigenvalue weighted by Gasteiger charge is 2.30. The summed E-state index contributed by atoms with van der Waals surface area (Å²) in [7, 11) is 1.50. The first-order chi connectivity index (χ1) is 18.5. The topological polar surface area (TPSA) is 138 Å². The standard InChI is InChI=1S/C29H38N4O6/c1-17(2)12-24(27-30-16-21(39-27)13-19(4)28(35)36)31-26(34)15-20-10-11-23(25(14-20)38-5)33-29(37)32-22-9-7-6-8-18(22)3/h6-11,14,17,19,21,24H,12-13,15-16H2,1-5H3,(H,31,34)(H,35,36)(H2,32,33,37). The summed E-state index contributed by atoms with van der Waals surface area (Å²) >= 11 is 0. The van der Waals surface area contributed by atoms with Crippen LogP contribution in [-0.2, 0) is 20.7 Å². The summed E-state index contributed by atoms with van der Waals surface area (Å²) in [6, 6.07) is 11.8. The molecule has 0 aliphatic carbocycles. The number of hydrogen-bond donors (Lipinski definition) is 4. The van der Waals surface area contributed by atoms with Crippen molar-refractivity contribution in [1.82, 2.24) is 5.32 Å². The number of ether oxygens (including phenoxy) is 2. The number of para-hydroxylation sites is 1. The SMILES string of the molecule is COc1cc(CC(=O)NC(CC(C)C)C2=NCC(CC(C)C(=O)O)O2)ccc1NC(=O)Nc1ccccc1C. The zero-order valence-electron chi connectivity index (χ0n) is 23.1. The molecule has 3 rings (SSSR count). The van der Waals surface area contributed by atoms with Gasteiger partial charge < -0.3 is 30.5 Å². The predicted octanol–water partition coefficient (Wildman–Crippen LogP) is 4.63. The molecule has 0 radical (unpaired) electrons. The molecule has 0 spiro atoms.